The Labute approximate surface area is 165 Å². The zero-order valence-electron chi connectivity index (χ0n) is 16.5. The lowest BCUT2D eigenvalue weighted by Gasteiger charge is -2.35. The predicted molar refractivity (Wildman–Crippen MR) is 108 cm³/mol. The number of primary amides is 1. The van der Waals surface area contributed by atoms with Crippen molar-refractivity contribution in [3.05, 3.63) is 42.0 Å². The molecule has 4 N–H and O–H groups in total. The fourth-order valence-corrected chi connectivity index (χ4v) is 4.30. The van der Waals surface area contributed by atoms with Crippen LogP contribution in [-0.2, 0) is 20.8 Å². The molecule has 1 aliphatic heterocycles. The summed E-state index contributed by atoms with van der Waals surface area (Å²) < 4.78 is 0. The van der Waals surface area contributed by atoms with Crippen molar-refractivity contribution in [3.63, 3.8) is 0 Å². The number of amides is 3. The summed E-state index contributed by atoms with van der Waals surface area (Å²) in [7, 11) is 0. The van der Waals surface area contributed by atoms with Gasteiger partial charge in [0.1, 0.15) is 6.04 Å². The number of carbonyl (C=O) groups excluding carboxylic acids is 3. The highest BCUT2D eigenvalue weighted by atomic mass is 16.2. The quantitative estimate of drug-likeness (QED) is 0.658. The molecule has 6 nitrogen and oxygen atoms in total. The highest BCUT2D eigenvalue weighted by Crippen LogP contribution is 2.43. The Morgan fingerprint density at radius 1 is 1.25 bits per heavy atom. The van der Waals surface area contributed by atoms with Gasteiger partial charge in [0.05, 0.1) is 11.3 Å². The Balaban J connectivity index is 1.78. The van der Waals surface area contributed by atoms with Crippen LogP contribution in [0, 0.1) is 17.3 Å². The number of rotatable bonds is 6. The maximum atomic E-state index is 13.2. The van der Waals surface area contributed by atoms with E-state index in [1.165, 1.54) is 0 Å². The van der Waals surface area contributed by atoms with Gasteiger partial charge in [-0.25, -0.2) is 0 Å². The fourth-order valence-electron chi connectivity index (χ4n) is 4.30. The van der Waals surface area contributed by atoms with Crippen LogP contribution in [0.25, 0.3) is 0 Å². The van der Waals surface area contributed by atoms with Crippen molar-refractivity contribution in [3.8, 4) is 0 Å². The van der Waals surface area contributed by atoms with Crippen molar-refractivity contribution in [2.24, 2.45) is 23.0 Å². The van der Waals surface area contributed by atoms with Crippen LogP contribution in [0.15, 0.2) is 36.4 Å². The van der Waals surface area contributed by atoms with Crippen LogP contribution in [0.4, 0.5) is 5.69 Å². The molecule has 0 saturated carbocycles. The molecule has 0 aromatic heterocycles. The number of benzene rings is 1. The predicted octanol–water partition coefficient (Wildman–Crippen LogP) is 2.54. The molecule has 150 valence electrons. The second kappa shape index (κ2) is 8.17. The van der Waals surface area contributed by atoms with Crippen LogP contribution in [0.5, 0.6) is 0 Å². The number of allylic oxidation sites excluding steroid dienone is 2. The molecule has 2 aliphatic rings. The lowest BCUT2D eigenvalue weighted by molar-refractivity contribution is -0.141. The molecule has 2 atom stereocenters. The molecular weight excluding hydrogens is 354 g/mol. The van der Waals surface area contributed by atoms with Gasteiger partial charge in [0.25, 0.3) is 0 Å². The fraction of sp³-hybridized carbons (Fsp3) is 0.500. The van der Waals surface area contributed by atoms with E-state index in [0.717, 1.165) is 11.3 Å². The average Bonchev–Trinajstić information content (AvgIpc) is 3.09. The van der Waals surface area contributed by atoms with Gasteiger partial charge in [-0.2, -0.15) is 0 Å². The zero-order chi connectivity index (χ0) is 20.3. The number of carbonyl (C=O) groups is 3. The van der Waals surface area contributed by atoms with Crippen molar-refractivity contribution in [2.45, 2.75) is 52.0 Å². The van der Waals surface area contributed by atoms with Gasteiger partial charge >= 0.3 is 0 Å². The van der Waals surface area contributed by atoms with Crippen LogP contribution >= 0.6 is 0 Å². The normalized spacial score (nSPS) is 21.5. The monoisotopic (exact) mass is 383 g/mol. The first-order chi connectivity index (χ1) is 13.3. The molecule has 28 heavy (non-hydrogen) atoms. The molecule has 1 aliphatic carbocycles. The van der Waals surface area contributed by atoms with E-state index in [-0.39, 0.29) is 17.7 Å². The number of anilines is 1. The van der Waals surface area contributed by atoms with Crippen molar-refractivity contribution in [1.82, 2.24) is 5.32 Å². The summed E-state index contributed by atoms with van der Waals surface area (Å²) in [5, 5.41) is 5.82. The molecule has 1 unspecified atom stereocenters. The van der Waals surface area contributed by atoms with Gasteiger partial charge in [0.15, 0.2) is 0 Å². The van der Waals surface area contributed by atoms with E-state index in [1.807, 2.05) is 50.3 Å². The number of nitrogens with two attached hydrogens (primary N) is 1. The maximum Gasteiger partial charge on any atom is 0.246 e. The van der Waals surface area contributed by atoms with Gasteiger partial charge in [-0.15, -0.1) is 0 Å². The molecule has 6 heteroatoms. The summed E-state index contributed by atoms with van der Waals surface area (Å²) in [6.07, 6.45) is 6.53. The molecular formula is C22H29N3O3. The molecule has 1 heterocycles. The third-order valence-electron chi connectivity index (χ3n) is 5.92. The minimum Gasteiger partial charge on any atom is -0.369 e. The maximum absolute atomic E-state index is 13.2. The van der Waals surface area contributed by atoms with E-state index in [0.29, 0.717) is 32.1 Å². The van der Waals surface area contributed by atoms with E-state index in [1.54, 1.807) is 0 Å². The Kier molecular flexibility index (Phi) is 5.87. The highest BCUT2D eigenvalue weighted by Gasteiger charge is 2.48. The summed E-state index contributed by atoms with van der Waals surface area (Å²) >= 11 is 0. The Morgan fingerprint density at radius 2 is 1.93 bits per heavy atom. The zero-order valence-corrected chi connectivity index (χ0v) is 16.5. The summed E-state index contributed by atoms with van der Waals surface area (Å²) in [4.78, 5) is 38.2. The molecule has 3 rings (SSSR count). The first-order valence-corrected chi connectivity index (χ1v) is 9.97. The van der Waals surface area contributed by atoms with Crippen molar-refractivity contribution in [1.29, 1.82) is 0 Å². The lowest BCUT2D eigenvalue weighted by Crippen LogP contribution is -2.52. The molecule has 0 bridgehead atoms. The number of para-hydroxylation sites is 1. The van der Waals surface area contributed by atoms with Crippen LogP contribution < -0.4 is 16.4 Å². The molecule has 0 saturated heterocycles. The van der Waals surface area contributed by atoms with Gasteiger partial charge in [0, 0.05) is 5.69 Å². The standard InChI is InChI=1S/C22H29N3O3/c1-14(2)13-16(22(21(23)28)11-5-6-12-22)19(26)25-18-10-9-15-7-3-4-8-17(15)24-20(18)27/h3-8,14,16,18H,9-13H2,1-2H3,(H2,23,28)(H,24,27)(H,25,26)/t16-,18?/m0/s1. The van der Waals surface area contributed by atoms with Gasteiger partial charge in [-0.1, -0.05) is 44.2 Å². The molecule has 0 spiro atoms. The van der Waals surface area contributed by atoms with Crippen molar-refractivity contribution >= 4 is 23.4 Å². The van der Waals surface area contributed by atoms with Crippen LogP contribution in [0.1, 0.15) is 45.1 Å². The molecule has 3 amide bonds. The van der Waals surface area contributed by atoms with Gasteiger partial charge < -0.3 is 16.4 Å². The van der Waals surface area contributed by atoms with E-state index in [2.05, 4.69) is 10.6 Å². The molecule has 0 radical (unpaired) electrons. The topological polar surface area (TPSA) is 101 Å². The highest BCUT2D eigenvalue weighted by molar-refractivity contribution is 5.99. The molecule has 1 aromatic carbocycles. The van der Waals surface area contributed by atoms with E-state index in [4.69, 9.17) is 5.73 Å². The van der Waals surface area contributed by atoms with Crippen molar-refractivity contribution in [2.75, 3.05) is 5.32 Å². The number of hydrogen-bond donors (Lipinski definition) is 3. The molecule has 1 aromatic rings. The SMILES string of the molecule is CC(C)C[C@@H](C(=O)NC1CCc2ccccc2NC1=O)C1(C(N)=O)CC=CC1. The van der Waals surface area contributed by atoms with Gasteiger partial charge in [0.2, 0.25) is 17.7 Å². The summed E-state index contributed by atoms with van der Waals surface area (Å²) in [6.45, 7) is 4.04. The summed E-state index contributed by atoms with van der Waals surface area (Å²) in [5.74, 6) is -1.27. The van der Waals surface area contributed by atoms with E-state index in [9.17, 15) is 14.4 Å². The number of aryl methyl sites for hydroxylation is 1. The van der Waals surface area contributed by atoms with Gasteiger partial charge in [-0.05, 0) is 49.7 Å². The third kappa shape index (κ3) is 3.96. The summed E-state index contributed by atoms with van der Waals surface area (Å²) in [5.41, 5.74) is 6.69. The van der Waals surface area contributed by atoms with Crippen molar-refractivity contribution < 1.29 is 14.4 Å². The third-order valence-corrected chi connectivity index (χ3v) is 5.92. The van der Waals surface area contributed by atoms with Crippen LogP contribution in [0.2, 0.25) is 0 Å². The second-order valence-corrected chi connectivity index (χ2v) is 8.33. The number of hydrogen-bond acceptors (Lipinski definition) is 3. The first kappa shape index (κ1) is 20.1. The Morgan fingerprint density at radius 3 is 2.57 bits per heavy atom. The average molecular weight is 383 g/mol. The van der Waals surface area contributed by atoms with E-state index >= 15 is 0 Å². The van der Waals surface area contributed by atoms with E-state index < -0.39 is 23.3 Å². The molecule has 0 fully saturated rings. The smallest absolute Gasteiger partial charge is 0.246 e. The van der Waals surface area contributed by atoms with Gasteiger partial charge in [-0.3, -0.25) is 14.4 Å². The minimum atomic E-state index is -0.904. The first-order valence-electron chi connectivity index (χ1n) is 9.97. The van der Waals surface area contributed by atoms with Crippen LogP contribution in [-0.4, -0.2) is 23.8 Å². The van der Waals surface area contributed by atoms with Crippen LogP contribution in [0.3, 0.4) is 0 Å². The number of nitrogens with one attached hydrogen (secondary N) is 2. The Bertz CT molecular complexity index is 792. The summed E-state index contributed by atoms with van der Waals surface area (Å²) in [6, 6.07) is 7.03. The largest absolute Gasteiger partial charge is 0.369 e. The second-order valence-electron chi connectivity index (χ2n) is 8.33. The minimum absolute atomic E-state index is 0.222. The lowest BCUT2D eigenvalue weighted by atomic mass is 9.69. The number of fused-ring (bicyclic) bond motifs is 1. The Hall–Kier alpha value is -2.63.